The molecule has 0 spiro atoms. The van der Waals surface area contributed by atoms with Crippen molar-refractivity contribution in [3.63, 3.8) is 0 Å². The van der Waals surface area contributed by atoms with Crippen molar-refractivity contribution in [2.24, 2.45) is 52.1 Å². The zero-order valence-electron chi connectivity index (χ0n) is 19.8. The second kappa shape index (κ2) is 7.97. The number of aliphatic hydroxyl groups excluding tert-OH is 1. The molecule has 29 heavy (non-hydrogen) atoms. The summed E-state index contributed by atoms with van der Waals surface area (Å²) in [5.41, 5.74) is 9.17. The van der Waals surface area contributed by atoms with Crippen molar-refractivity contribution in [2.75, 3.05) is 0 Å². The van der Waals surface area contributed by atoms with E-state index in [2.05, 4.69) is 40.7 Å². The van der Waals surface area contributed by atoms with Gasteiger partial charge in [-0.3, -0.25) is 0 Å². The van der Waals surface area contributed by atoms with Gasteiger partial charge in [0.1, 0.15) is 0 Å². The first kappa shape index (κ1) is 21.9. The zero-order valence-corrected chi connectivity index (χ0v) is 19.8. The Bertz CT molecular complexity index is 626. The molecular weight excluding hydrogens is 354 g/mol. The van der Waals surface area contributed by atoms with Gasteiger partial charge in [-0.05, 0) is 91.3 Å². The molecule has 9 atom stereocenters. The fraction of sp³-hybridized carbons (Fsp3) is 0.926. The predicted molar refractivity (Wildman–Crippen MR) is 122 cm³/mol. The normalized spacial score (nSPS) is 47.9. The van der Waals surface area contributed by atoms with E-state index in [1.165, 1.54) is 50.5 Å². The Morgan fingerprint density at radius 3 is 2.52 bits per heavy atom. The average Bonchev–Trinajstić information content (AvgIpc) is 3.00. The van der Waals surface area contributed by atoms with E-state index < -0.39 is 0 Å². The van der Waals surface area contributed by atoms with Crippen LogP contribution in [0.4, 0.5) is 0 Å². The molecule has 4 rings (SSSR count). The van der Waals surface area contributed by atoms with E-state index >= 15 is 0 Å². The number of rotatable bonds is 5. The molecule has 0 aromatic heterocycles. The Labute approximate surface area is 180 Å². The fourth-order valence-corrected chi connectivity index (χ4v) is 8.74. The molecule has 0 aliphatic heterocycles. The number of aliphatic hydroxyl groups is 1. The third-order valence-electron chi connectivity index (χ3n) is 10.4. The van der Waals surface area contributed by atoms with Crippen LogP contribution in [0.15, 0.2) is 11.6 Å². The molecule has 4 aliphatic carbocycles. The number of fused-ring (bicyclic) bond motifs is 5. The monoisotopic (exact) mass is 401 g/mol. The Kier molecular flexibility index (Phi) is 6.01. The lowest BCUT2D eigenvalue weighted by Crippen LogP contribution is -2.56. The lowest BCUT2D eigenvalue weighted by Gasteiger charge is -2.60. The van der Waals surface area contributed by atoms with Crippen LogP contribution in [0.25, 0.3) is 0 Å². The van der Waals surface area contributed by atoms with Crippen LogP contribution >= 0.6 is 0 Å². The molecule has 0 bridgehead atoms. The first-order chi connectivity index (χ1) is 13.7. The summed E-state index contributed by atoms with van der Waals surface area (Å²) in [5.74, 6) is 4.77. The average molecular weight is 402 g/mol. The quantitative estimate of drug-likeness (QED) is 0.529. The molecular formula is C27H47NO. The van der Waals surface area contributed by atoms with Gasteiger partial charge in [0.15, 0.2) is 0 Å². The first-order valence-corrected chi connectivity index (χ1v) is 12.8. The van der Waals surface area contributed by atoms with E-state index in [4.69, 9.17) is 5.73 Å². The van der Waals surface area contributed by atoms with Crippen LogP contribution in [0.1, 0.15) is 98.8 Å². The Hall–Kier alpha value is -0.340. The maximum atomic E-state index is 10.3. The van der Waals surface area contributed by atoms with Crippen LogP contribution in [0.5, 0.6) is 0 Å². The smallest absolute Gasteiger partial charge is 0.0577 e. The molecule has 3 N–H and O–H groups in total. The summed E-state index contributed by atoms with van der Waals surface area (Å²) in [6, 6.07) is 0.202. The zero-order chi connectivity index (χ0) is 21.0. The van der Waals surface area contributed by atoms with Crippen molar-refractivity contribution in [3.8, 4) is 0 Å². The Balaban J connectivity index is 1.54. The van der Waals surface area contributed by atoms with E-state index in [0.29, 0.717) is 16.7 Å². The molecule has 2 heteroatoms. The molecule has 166 valence electrons. The number of hydrogen-bond donors (Lipinski definition) is 2. The molecule has 0 aromatic carbocycles. The highest BCUT2D eigenvalue weighted by Gasteiger charge is 2.60. The topological polar surface area (TPSA) is 46.2 Å². The molecule has 6 unspecified atom stereocenters. The number of nitrogens with two attached hydrogens (primary N) is 1. The molecule has 3 saturated carbocycles. The van der Waals surface area contributed by atoms with Crippen molar-refractivity contribution in [1.82, 2.24) is 0 Å². The van der Waals surface area contributed by atoms with Gasteiger partial charge in [-0.1, -0.05) is 65.5 Å². The molecule has 0 amide bonds. The van der Waals surface area contributed by atoms with Crippen molar-refractivity contribution in [1.29, 1.82) is 0 Å². The molecule has 0 saturated heterocycles. The Morgan fingerprint density at radius 2 is 1.79 bits per heavy atom. The minimum absolute atomic E-state index is 0.144. The summed E-state index contributed by atoms with van der Waals surface area (Å²) in [5, 5.41) is 10.3. The predicted octanol–water partition coefficient (Wildman–Crippen LogP) is 6.33. The van der Waals surface area contributed by atoms with Crippen molar-refractivity contribution in [3.05, 3.63) is 11.6 Å². The number of hydrogen-bond acceptors (Lipinski definition) is 2. The molecule has 0 aromatic rings. The third kappa shape index (κ3) is 3.65. The van der Waals surface area contributed by atoms with E-state index in [-0.39, 0.29) is 12.1 Å². The van der Waals surface area contributed by atoms with Gasteiger partial charge >= 0.3 is 0 Å². The minimum Gasteiger partial charge on any atom is -0.393 e. The van der Waals surface area contributed by atoms with Crippen molar-refractivity contribution >= 4 is 0 Å². The van der Waals surface area contributed by atoms with E-state index in [1.807, 2.05) is 0 Å². The summed E-state index contributed by atoms with van der Waals surface area (Å²) in [4.78, 5) is 0. The van der Waals surface area contributed by atoms with Crippen LogP contribution in [0.2, 0.25) is 0 Å². The lowest BCUT2D eigenvalue weighted by atomic mass is 9.46. The van der Waals surface area contributed by atoms with Gasteiger partial charge in [0.05, 0.1) is 6.10 Å². The molecule has 0 radical (unpaired) electrons. The van der Waals surface area contributed by atoms with Crippen LogP contribution in [-0.4, -0.2) is 17.3 Å². The molecule has 0 heterocycles. The SMILES string of the molecule is CC(C)CCC[C@@H](C)C1CCC2C3C(CCC21C)C1(C)CC[C@H](O)CC1=C[C@H]3N. The highest BCUT2D eigenvalue weighted by Crippen LogP contribution is 2.67. The van der Waals surface area contributed by atoms with Gasteiger partial charge in [0.2, 0.25) is 0 Å². The van der Waals surface area contributed by atoms with Crippen LogP contribution in [0, 0.1) is 46.3 Å². The minimum atomic E-state index is -0.144. The van der Waals surface area contributed by atoms with Crippen LogP contribution in [0.3, 0.4) is 0 Å². The maximum absolute atomic E-state index is 10.3. The van der Waals surface area contributed by atoms with Gasteiger partial charge in [0.25, 0.3) is 0 Å². The molecule has 4 aliphatic rings. The second-order valence-electron chi connectivity index (χ2n) is 12.4. The highest BCUT2D eigenvalue weighted by molar-refractivity contribution is 5.28. The largest absolute Gasteiger partial charge is 0.393 e. The third-order valence-corrected chi connectivity index (χ3v) is 10.4. The van der Waals surface area contributed by atoms with Gasteiger partial charge in [-0.25, -0.2) is 0 Å². The lowest BCUT2D eigenvalue weighted by molar-refractivity contribution is -0.0632. The van der Waals surface area contributed by atoms with Gasteiger partial charge in [-0.15, -0.1) is 0 Å². The summed E-state index contributed by atoms with van der Waals surface area (Å²) in [7, 11) is 0. The Morgan fingerprint density at radius 1 is 1.03 bits per heavy atom. The maximum Gasteiger partial charge on any atom is 0.0577 e. The van der Waals surface area contributed by atoms with Crippen LogP contribution < -0.4 is 5.73 Å². The highest BCUT2D eigenvalue weighted by atomic mass is 16.3. The molecule has 3 fully saturated rings. The standard InChI is InChI=1S/C27H47NO/c1-17(2)7-6-8-18(3)21-9-10-22-25-23(12-14-27(21,22)5)26(4)13-11-20(29)15-19(26)16-24(25)28/h16-18,20-25,29H,6-15,28H2,1-5H3/t18-,20+,21?,22?,23?,24-,25?,26?,27?/m1/s1. The summed E-state index contributed by atoms with van der Waals surface area (Å²) in [6.45, 7) is 12.4. The van der Waals surface area contributed by atoms with Gasteiger partial charge in [-0.2, -0.15) is 0 Å². The summed E-state index contributed by atoms with van der Waals surface area (Å²) >= 11 is 0. The van der Waals surface area contributed by atoms with E-state index in [1.54, 1.807) is 0 Å². The van der Waals surface area contributed by atoms with E-state index in [9.17, 15) is 5.11 Å². The summed E-state index contributed by atoms with van der Waals surface area (Å²) in [6.07, 6.45) is 15.0. The van der Waals surface area contributed by atoms with E-state index in [0.717, 1.165) is 48.9 Å². The fourth-order valence-electron chi connectivity index (χ4n) is 8.74. The molecule has 2 nitrogen and oxygen atoms in total. The summed E-state index contributed by atoms with van der Waals surface area (Å²) < 4.78 is 0. The first-order valence-electron chi connectivity index (χ1n) is 12.8. The van der Waals surface area contributed by atoms with Crippen molar-refractivity contribution < 1.29 is 5.11 Å². The van der Waals surface area contributed by atoms with Gasteiger partial charge in [0, 0.05) is 6.04 Å². The van der Waals surface area contributed by atoms with Crippen molar-refractivity contribution in [2.45, 2.75) is 111 Å². The van der Waals surface area contributed by atoms with Gasteiger partial charge < -0.3 is 10.8 Å². The van der Waals surface area contributed by atoms with Crippen LogP contribution in [-0.2, 0) is 0 Å². The second-order valence-corrected chi connectivity index (χ2v) is 12.4.